The van der Waals surface area contributed by atoms with Crippen LogP contribution in [0.25, 0.3) is 0 Å². The maximum absolute atomic E-state index is 12.3. The quantitative estimate of drug-likeness (QED) is 0.645. The number of amides is 1. The molecule has 0 unspecified atom stereocenters. The number of carbonyl (C=O) groups excluding carboxylic acids is 1. The Morgan fingerprint density at radius 2 is 1.79 bits per heavy atom. The Balaban J connectivity index is 1.64. The van der Waals surface area contributed by atoms with Crippen molar-refractivity contribution in [3.63, 3.8) is 0 Å². The monoisotopic (exact) mass is 376 g/mol. The van der Waals surface area contributed by atoms with Crippen LogP contribution in [0.3, 0.4) is 0 Å². The molecule has 3 aromatic rings. The van der Waals surface area contributed by atoms with E-state index in [0.717, 1.165) is 22.6 Å². The normalized spacial score (nSPS) is 10.6. The third kappa shape index (κ3) is 5.07. The summed E-state index contributed by atoms with van der Waals surface area (Å²) in [4.78, 5) is 20.8. The number of hydrogen-bond donors (Lipinski definition) is 2. The van der Waals surface area contributed by atoms with Gasteiger partial charge in [-0.05, 0) is 44.0 Å². The van der Waals surface area contributed by atoms with Gasteiger partial charge >= 0.3 is 0 Å². The van der Waals surface area contributed by atoms with Gasteiger partial charge in [-0.3, -0.25) is 4.79 Å². The zero-order chi connectivity index (χ0) is 19.9. The van der Waals surface area contributed by atoms with Crippen molar-refractivity contribution in [2.24, 2.45) is 0 Å². The zero-order valence-electron chi connectivity index (χ0n) is 16.3. The first-order valence-corrected chi connectivity index (χ1v) is 9.20. The molecule has 1 amide bonds. The SMILES string of the molecule is Cc1ccccc1CNC(=O)c1cnc(Nc2ccccc2OC(C)C)cn1. The summed E-state index contributed by atoms with van der Waals surface area (Å²) in [6, 6.07) is 15.6. The van der Waals surface area contributed by atoms with Gasteiger partial charge < -0.3 is 15.4 Å². The Kier molecular flexibility index (Phi) is 6.22. The van der Waals surface area contributed by atoms with E-state index in [1.165, 1.54) is 12.4 Å². The molecule has 0 fully saturated rings. The highest BCUT2D eigenvalue weighted by molar-refractivity contribution is 5.92. The number of anilines is 2. The molecule has 2 N–H and O–H groups in total. The molecule has 6 nitrogen and oxygen atoms in total. The van der Waals surface area contributed by atoms with E-state index >= 15 is 0 Å². The van der Waals surface area contributed by atoms with Crippen LogP contribution < -0.4 is 15.4 Å². The number of benzene rings is 2. The summed E-state index contributed by atoms with van der Waals surface area (Å²) in [6.45, 7) is 6.41. The first-order valence-electron chi connectivity index (χ1n) is 9.20. The Morgan fingerprint density at radius 3 is 2.50 bits per heavy atom. The molecule has 1 heterocycles. The topological polar surface area (TPSA) is 76.1 Å². The van der Waals surface area contributed by atoms with Gasteiger partial charge in [0.2, 0.25) is 0 Å². The fraction of sp³-hybridized carbons (Fsp3) is 0.227. The minimum absolute atomic E-state index is 0.0633. The van der Waals surface area contributed by atoms with E-state index in [4.69, 9.17) is 4.74 Å². The van der Waals surface area contributed by atoms with Crippen LogP contribution in [0.15, 0.2) is 60.9 Å². The van der Waals surface area contributed by atoms with Gasteiger partial charge in [0.05, 0.1) is 24.2 Å². The summed E-state index contributed by atoms with van der Waals surface area (Å²) in [6.07, 6.45) is 3.06. The van der Waals surface area contributed by atoms with E-state index in [9.17, 15) is 4.79 Å². The van der Waals surface area contributed by atoms with Gasteiger partial charge in [0.1, 0.15) is 17.3 Å². The number of carbonyl (C=O) groups is 1. The first kappa shape index (κ1) is 19.4. The highest BCUT2D eigenvalue weighted by Gasteiger charge is 2.10. The summed E-state index contributed by atoms with van der Waals surface area (Å²) < 4.78 is 5.79. The Morgan fingerprint density at radius 1 is 1.04 bits per heavy atom. The summed E-state index contributed by atoms with van der Waals surface area (Å²) >= 11 is 0. The van der Waals surface area contributed by atoms with Gasteiger partial charge in [0.25, 0.3) is 5.91 Å². The van der Waals surface area contributed by atoms with Crippen LogP contribution in [0.4, 0.5) is 11.5 Å². The van der Waals surface area contributed by atoms with Gasteiger partial charge in [-0.1, -0.05) is 36.4 Å². The van der Waals surface area contributed by atoms with Crippen molar-refractivity contribution in [3.05, 3.63) is 77.7 Å². The first-order chi connectivity index (χ1) is 13.5. The van der Waals surface area contributed by atoms with Crippen molar-refractivity contribution in [2.45, 2.75) is 33.4 Å². The minimum Gasteiger partial charge on any atom is -0.489 e. The number of rotatable bonds is 7. The van der Waals surface area contributed by atoms with Gasteiger partial charge in [-0.2, -0.15) is 0 Å². The average molecular weight is 376 g/mol. The summed E-state index contributed by atoms with van der Waals surface area (Å²) in [5, 5.41) is 6.05. The predicted molar refractivity (Wildman–Crippen MR) is 110 cm³/mol. The lowest BCUT2D eigenvalue weighted by molar-refractivity contribution is 0.0945. The van der Waals surface area contributed by atoms with E-state index in [1.54, 1.807) is 0 Å². The van der Waals surface area contributed by atoms with Crippen molar-refractivity contribution in [3.8, 4) is 5.75 Å². The molecule has 0 aliphatic heterocycles. The van der Waals surface area contributed by atoms with E-state index in [1.807, 2.05) is 69.3 Å². The number of nitrogens with one attached hydrogen (secondary N) is 2. The third-order valence-electron chi connectivity index (χ3n) is 4.10. The minimum atomic E-state index is -0.258. The van der Waals surface area contributed by atoms with Crippen LogP contribution in [0.5, 0.6) is 5.75 Å². The van der Waals surface area contributed by atoms with Crippen LogP contribution in [0.1, 0.15) is 35.5 Å². The molecule has 0 aliphatic rings. The summed E-state index contributed by atoms with van der Waals surface area (Å²) in [7, 11) is 0. The summed E-state index contributed by atoms with van der Waals surface area (Å²) in [5.74, 6) is 1.01. The lowest BCUT2D eigenvalue weighted by Gasteiger charge is -2.15. The zero-order valence-corrected chi connectivity index (χ0v) is 16.3. The standard InChI is InChI=1S/C22H24N4O2/c1-15(2)28-20-11-7-6-10-18(20)26-21-14-23-19(13-24-21)22(27)25-12-17-9-5-4-8-16(17)3/h4-11,13-15H,12H2,1-3H3,(H,24,26)(H,25,27). The number of para-hydroxylation sites is 2. The molecule has 2 aromatic carbocycles. The molecule has 0 bridgehead atoms. The van der Waals surface area contributed by atoms with Gasteiger partial charge in [-0.25, -0.2) is 9.97 Å². The number of aromatic nitrogens is 2. The highest BCUT2D eigenvalue weighted by atomic mass is 16.5. The van der Waals surface area contributed by atoms with Crippen LogP contribution in [0, 0.1) is 6.92 Å². The molecule has 0 atom stereocenters. The van der Waals surface area contributed by atoms with Crippen LogP contribution in [-0.4, -0.2) is 22.0 Å². The number of hydrogen-bond acceptors (Lipinski definition) is 5. The molecular weight excluding hydrogens is 352 g/mol. The second-order valence-corrected chi connectivity index (χ2v) is 6.68. The molecule has 3 rings (SSSR count). The van der Waals surface area contributed by atoms with Crippen LogP contribution >= 0.6 is 0 Å². The van der Waals surface area contributed by atoms with Crippen molar-refractivity contribution < 1.29 is 9.53 Å². The molecule has 28 heavy (non-hydrogen) atoms. The second-order valence-electron chi connectivity index (χ2n) is 6.68. The number of ether oxygens (including phenoxy) is 1. The van der Waals surface area contributed by atoms with Crippen molar-refractivity contribution in [1.82, 2.24) is 15.3 Å². The van der Waals surface area contributed by atoms with E-state index in [2.05, 4.69) is 20.6 Å². The Labute approximate surface area is 165 Å². The smallest absolute Gasteiger partial charge is 0.271 e. The summed E-state index contributed by atoms with van der Waals surface area (Å²) in [5.41, 5.74) is 3.27. The van der Waals surface area contributed by atoms with Crippen LogP contribution in [0.2, 0.25) is 0 Å². The van der Waals surface area contributed by atoms with Crippen LogP contribution in [-0.2, 0) is 6.54 Å². The third-order valence-corrected chi connectivity index (χ3v) is 4.10. The molecule has 144 valence electrons. The fourth-order valence-corrected chi connectivity index (χ4v) is 2.65. The molecule has 6 heteroatoms. The lowest BCUT2D eigenvalue weighted by Crippen LogP contribution is -2.24. The highest BCUT2D eigenvalue weighted by Crippen LogP contribution is 2.27. The molecule has 0 radical (unpaired) electrons. The Bertz CT molecular complexity index is 939. The molecule has 1 aromatic heterocycles. The molecule has 0 saturated heterocycles. The van der Waals surface area contributed by atoms with Gasteiger partial charge in [-0.15, -0.1) is 0 Å². The Hall–Kier alpha value is -3.41. The molecular formula is C22H24N4O2. The van der Waals surface area contributed by atoms with Gasteiger partial charge in [0, 0.05) is 6.54 Å². The van der Waals surface area contributed by atoms with Crippen molar-refractivity contribution in [2.75, 3.05) is 5.32 Å². The molecule has 0 aliphatic carbocycles. The van der Waals surface area contributed by atoms with Crippen molar-refractivity contribution in [1.29, 1.82) is 0 Å². The molecule has 0 spiro atoms. The average Bonchev–Trinajstić information content (AvgIpc) is 2.69. The maximum Gasteiger partial charge on any atom is 0.271 e. The number of nitrogens with zero attached hydrogens (tertiary/aromatic N) is 2. The maximum atomic E-state index is 12.3. The second kappa shape index (κ2) is 8.99. The van der Waals surface area contributed by atoms with E-state index < -0.39 is 0 Å². The van der Waals surface area contributed by atoms with E-state index in [-0.39, 0.29) is 17.7 Å². The van der Waals surface area contributed by atoms with E-state index in [0.29, 0.717) is 12.4 Å². The predicted octanol–water partition coefficient (Wildman–Crippen LogP) is 4.25. The van der Waals surface area contributed by atoms with Crippen molar-refractivity contribution >= 4 is 17.4 Å². The fourth-order valence-electron chi connectivity index (χ4n) is 2.65. The lowest BCUT2D eigenvalue weighted by atomic mass is 10.1. The number of aryl methyl sites for hydroxylation is 1. The largest absolute Gasteiger partial charge is 0.489 e. The van der Waals surface area contributed by atoms with Gasteiger partial charge in [0.15, 0.2) is 0 Å². The molecule has 0 saturated carbocycles.